The molecule has 3 aromatic rings. The average molecular weight is 395 g/mol. The Bertz CT molecular complexity index is 929. The summed E-state index contributed by atoms with van der Waals surface area (Å²) in [6, 6.07) is 3.42. The molecule has 0 unspecified atom stereocenters. The number of nitrogens with zero attached hydrogens (tertiary/aromatic N) is 4. The molecule has 1 amide bonds. The average Bonchev–Trinajstić information content (AvgIpc) is 3.06. The summed E-state index contributed by atoms with van der Waals surface area (Å²) in [7, 11) is 0. The van der Waals surface area contributed by atoms with Crippen LogP contribution in [-0.2, 0) is 4.79 Å². The lowest BCUT2D eigenvalue weighted by Gasteiger charge is -2.21. The van der Waals surface area contributed by atoms with Gasteiger partial charge in [0.25, 0.3) is 0 Å². The molecule has 1 aromatic carbocycles. The molecular weight excluding hydrogens is 380 g/mol. The number of para-hydroxylation sites is 1. The van der Waals surface area contributed by atoms with Crippen LogP contribution in [0, 0.1) is 11.6 Å². The summed E-state index contributed by atoms with van der Waals surface area (Å²) in [6.45, 7) is 2.23. The molecule has 0 saturated heterocycles. The standard InChI is InChI=1S/C16H15F2N5OS2/c1-3-23(7-11(24)21-12-9(17)5-4-6-10(12)18)15-13-14(19-8-20-15)22-16(25-2)26-13/h4-6,8H,3,7H2,1-2H3,(H,21,24). The first-order valence-electron chi connectivity index (χ1n) is 7.67. The third-order valence-corrected chi connectivity index (χ3v) is 5.60. The molecule has 0 aliphatic heterocycles. The molecule has 136 valence electrons. The number of aromatic nitrogens is 3. The molecule has 2 aromatic heterocycles. The Morgan fingerprint density at radius 1 is 1.31 bits per heavy atom. The minimum atomic E-state index is -0.821. The van der Waals surface area contributed by atoms with Crippen molar-refractivity contribution in [1.29, 1.82) is 0 Å². The number of carbonyl (C=O) groups excluding carboxylic acids is 1. The summed E-state index contributed by atoms with van der Waals surface area (Å²) >= 11 is 2.94. The molecule has 1 N–H and O–H groups in total. The largest absolute Gasteiger partial charge is 0.346 e. The molecule has 0 fully saturated rings. The Kier molecular flexibility index (Phi) is 5.62. The smallest absolute Gasteiger partial charge is 0.244 e. The molecule has 0 spiro atoms. The molecule has 0 aliphatic carbocycles. The first-order valence-corrected chi connectivity index (χ1v) is 9.72. The van der Waals surface area contributed by atoms with Gasteiger partial charge in [-0.2, -0.15) is 0 Å². The van der Waals surface area contributed by atoms with Crippen molar-refractivity contribution >= 4 is 50.9 Å². The van der Waals surface area contributed by atoms with Gasteiger partial charge in [0.1, 0.15) is 28.3 Å². The van der Waals surface area contributed by atoms with E-state index in [2.05, 4.69) is 20.3 Å². The number of amides is 1. The number of benzene rings is 1. The number of fused-ring (bicyclic) bond motifs is 1. The molecule has 0 atom stereocenters. The van der Waals surface area contributed by atoms with E-state index in [0.717, 1.165) is 21.2 Å². The van der Waals surface area contributed by atoms with Gasteiger partial charge in [-0.05, 0) is 25.3 Å². The monoisotopic (exact) mass is 395 g/mol. The zero-order valence-corrected chi connectivity index (χ0v) is 15.6. The summed E-state index contributed by atoms with van der Waals surface area (Å²) in [5.74, 6) is -1.62. The maximum Gasteiger partial charge on any atom is 0.244 e. The molecule has 0 radical (unpaired) electrons. The molecule has 0 bridgehead atoms. The van der Waals surface area contributed by atoms with Crippen molar-refractivity contribution in [2.45, 2.75) is 11.3 Å². The van der Waals surface area contributed by atoms with Crippen LogP contribution in [0.2, 0.25) is 0 Å². The van der Waals surface area contributed by atoms with Crippen LogP contribution >= 0.6 is 23.1 Å². The zero-order valence-electron chi connectivity index (χ0n) is 14.0. The topological polar surface area (TPSA) is 71.0 Å². The first kappa shape index (κ1) is 18.5. The highest BCUT2D eigenvalue weighted by Crippen LogP contribution is 2.32. The number of rotatable bonds is 6. The van der Waals surface area contributed by atoms with Crippen LogP contribution in [0.1, 0.15) is 6.92 Å². The van der Waals surface area contributed by atoms with E-state index < -0.39 is 23.2 Å². The lowest BCUT2D eigenvalue weighted by molar-refractivity contribution is -0.115. The molecule has 26 heavy (non-hydrogen) atoms. The van der Waals surface area contributed by atoms with Crippen molar-refractivity contribution in [2.75, 3.05) is 29.6 Å². The van der Waals surface area contributed by atoms with E-state index in [1.165, 1.54) is 35.5 Å². The molecule has 3 rings (SSSR count). The lowest BCUT2D eigenvalue weighted by Crippen LogP contribution is -2.34. The number of carbonyl (C=O) groups is 1. The molecule has 2 heterocycles. The molecule has 6 nitrogen and oxygen atoms in total. The van der Waals surface area contributed by atoms with E-state index in [1.54, 1.807) is 4.90 Å². The van der Waals surface area contributed by atoms with Gasteiger partial charge in [0.2, 0.25) is 5.91 Å². The van der Waals surface area contributed by atoms with Gasteiger partial charge in [-0.25, -0.2) is 23.7 Å². The number of nitrogens with one attached hydrogen (secondary N) is 1. The summed E-state index contributed by atoms with van der Waals surface area (Å²) in [6.07, 6.45) is 3.30. The Morgan fingerprint density at radius 2 is 2.04 bits per heavy atom. The quantitative estimate of drug-likeness (QED) is 0.644. The maximum absolute atomic E-state index is 13.7. The van der Waals surface area contributed by atoms with Crippen LogP contribution in [-0.4, -0.2) is 40.2 Å². The van der Waals surface area contributed by atoms with E-state index in [0.29, 0.717) is 18.0 Å². The summed E-state index contributed by atoms with van der Waals surface area (Å²) in [5.41, 5.74) is 0.104. The van der Waals surface area contributed by atoms with Gasteiger partial charge in [-0.15, -0.1) is 11.3 Å². The number of thiazole rings is 1. The van der Waals surface area contributed by atoms with Crippen molar-refractivity contribution in [3.63, 3.8) is 0 Å². The molecule has 10 heteroatoms. The number of thioether (sulfide) groups is 1. The van der Waals surface area contributed by atoms with Gasteiger partial charge in [0.05, 0.1) is 6.54 Å². The van der Waals surface area contributed by atoms with Crippen molar-refractivity contribution < 1.29 is 13.6 Å². The Labute approximate surface area is 156 Å². The predicted octanol–water partition coefficient (Wildman–Crippen LogP) is 3.55. The lowest BCUT2D eigenvalue weighted by atomic mass is 10.3. The second-order valence-corrected chi connectivity index (χ2v) is 7.25. The number of likely N-dealkylation sites (N-methyl/N-ethyl adjacent to an activating group) is 1. The fourth-order valence-electron chi connectivity index (χ4n) is 2.34. The van der Waals surface area contributed by atoms with E-state index in [-0.39, 0.29) is 6.54 Å². The van der Waals surface area contributed by atoms with Crippen molar-refractivity contribution in [3.05, 3.63) is 36.2 Å². The fraction of sp³-hybridized carbons (Fsp3) is 0.250. The number of anilines is 2. The SMILES string of the molecule is CCN(CC(=O)Nc1c(F)cccc1F)c1ncnc2nc(SC)sc12. The van der Waals surface area contributed by atoms with Crippen LogP contribution in [0.3, 0.4) is 0 Å². The summed E-state index contributed by atoms with van der Waals surface area (Å²) in [4.78, 5) is 26.8. The van der Waals surface area contributed by atoms with Crippen molar-refractivity contribution in [3.8, 4) is 0 Å². The highest BCUT2D eigenvalue weighted by molar-refractivity contribution is 8.00. The zero-order chi connectivity index (χ0) is 18.7. The Hall–Kier alpha value is -2.33. The fourth-order valence-corrected chi connectivity index (χ4v) is 3.87. The minimum absolute atomic E-state index is 0.108. The third-order valence-electron chi connectivity index (χ3n) is 3.57. The maximum atomic E-state index is 13.7. The number of hydrogen-bond donors (Lipinski definition) is 1. The molecule has 0 aliphatic rings. The first-order chi connectivity index (χ1) is 12.5. The highest BCUT2D eigenvalue weighted by atomic mass is 32.2. The van der Waals surface area contributed by atoms with Crippen LogP contribution in [0.25, 0.3) is 10.3 Å². The van der Waals surface area contributed by atoms with Crippen LogP contribution in [0.15, 0.2) is 28.9 Å². The Morgan fingerprint density at radius 3 is 2.69 bits per heavy atom. The molecular formula is C16H15F2N5OS2. The minimum Gasteiger partial charge on any atom is -0.346 e. The summed E-state index contributed by atoms with van der Waals surface area (Å²) in [5, 5.41) is 2.29. The van der Waals surface area contributed by atoms with Crippen LogP contribution in [0.4, 0.5) is 20.3 Å². The van der Waals surface area contributed by atoms with Gasteiger partial charge >= 0.3 is 0 Å². The van der Waals surface area contributed by atoms with Crippen molar-refractivity contribution in [2.24, 2.45) is 0 Å². The second-order valence-electron chi connectivity index (χ2n) is 5.19. The van der Waals surface area contributed by atoms with Gasteiger partial charge < -0.3 is 10.2 Å². The van der Waals surface area contributed by atoms with E-state index >= 15 is 0 Å². The Balaban J connectivity index is 1.84. The normalized spacial score (nSPS) is 10.9. The van der Waals surface area contributed by atoms with Gasteiger partial charge in [0.15, 0.2) is 15.8 Å². The van der Waals surface area contributed by atoms with E-state index in [9.17, 15) is 13.6 Å². The highest BCUT2D eigenvalue weighted by Gasteiger charge is 2.19. The van der Waals surface area contributed by atoms with Gasteiger partial charge in [-0.1, -0.05) is 17.8 Å². The summed E-state index contributed by atoms with van der Waals surface area (Å²) < 4.78 is 29.0. The predicted molar refractivity (Wildman–Crippen MR) is 99.9 cm³/mol. The number of halogens is 2. The van der Waals surface area contributed by atoms with Crippen molar-refractivity contribution in [1.82, 2.24) is 15.0 Å². The second kappa shape index (κ2) is 7.92. The molecule has 0 saturated carbocycles. The van der Waals surface area contributed by atoms with E-state index in [4.69, 9.17) is 0 Å². The number of hydrogen-bond acceptors (Lipinski definition) is 7. The third kappa shape index (κ3) is 3.75. The van der Waals surface area contributed by atoms with Crippen LogP contribution < -0.4 is 10.2 Å². The van der Waals surface area contributed by atoms with Gasteiger partial charge in [0, 0.05) is 6.54 Å². The van der Waals surface area contributed by atoms with Gasteiger partial charge in [-0.3, -0.25) is 4.79 Å². The van der Waals surface area contributed by atoms with E-state index in [1.807, 2.05) is 13.2 Å². The van der Waals surface area contributed by atoms with Crippen LogP contribution in [0.5, 0.6) is 0 Å².